The number of aromatic amines is 1. The lowest BCUT2D eigenvalue weighted by molar-refractivity contribution is -0.00000487. The highest BCUT2D eigenvalue weighted by Gasteiger charge is 2.24. The molecule has 8 heteroatoms. The Labute approximate surface area is 112 Å². The minimum absolute atomic E-state index is 0. The van der Waals surface area contributed by atoms with Gasteiger partial charge in [0.1, 0.15) is 5.69 Å². The molecule has 0 saturated heterocycles. The first-order valence-electron chi connectivity index (χ1n) is 5.33. The average Bonchev–Trinajstić information content (AvgIpc) is 2.20. The lowest BCUT2D eigenvalue weighted by atomic mass is 10.1. The van der Waals surface area contributed by atoms with Gasteiger partial charge in [0.05, 0.1) is 0 Å². The second-order valence-corrected chi connectivity index (χ2v) is 4.37. The Morgan fingerprint density at radius 2 is 1.72 bits per heavy atom. The van der Waals surface area contributed by atoms with Crippen molar-refractivity contribution in [1.82, 2.24) is 9.97 Å². The van der Waals surface area contributed by atoms with Gasteiger partial charge in [-0.05, 0) is 13.8 Å². The maximum absolute atomic E-state index is 11.8. The normalized spacial score (nSPS) is 20.4. The van der Waals surface area contributed by atoms with E-state index in [1.165, 1.54) is 0 Å². The number of anilines is 3. The van der Waals surface area contributed by atoms with Crippen molar-refractivity contribution in [2.45, 2.75) is 25.9 Å². The molecule has 104 valence electrons. The molecule has 5 N–H and O–H groups in total. The molecule has 1 aromatic heterocycles. The van der Waals surface area contributed by atoms with E-state index >= 15 is 0 Å². The molecule has 0 amide bonds. The fraction of sp³-hybridized carbons (Fsp3) is 0.600. The van der Waals surface area contributed by atoms with E-state index in [2.05, 4.69) is 27.5 Å². The Kier molecular flexibility index (Phi) is 5.44. The molecule has 0 saturated carbocycles. The highest BCUT2D eigenvalue weighted by atomic mass is 35.5. The third kappa shape index (κ3) is 2.85. The van der Waals surface area contributed by atoms with Crippen LogP contribution in [0.15, 0.2) is 4.79 Å². The molecule has 0 fully saturated rings. The summed E-state index contributed by atoms with van der Waals surface area (Å²) in [5.74, 6) is 1.18. The Bertz CT molecular complexity index is 462. The van der Waals surface area contributed by atoms with Crippen molar-refractivity contribution in [3.8, 4) is 0 Å². The van der Waals surface area contributed by atoms with Gasteiger partial charge in [-0.3, -0.25) is 9.78 Å². The predicted octanol–water partition coefficient (Wildman–Crippen LogP) is -3.37. The summed E-state index contributed by atoms with van der Waals surface area (Å²) in [6.07, 6.45) is 0. The van der Waals surface area contributed by atoms with Crippen LogP contribution in [0.2, 0.25) is 0 Å². The number of H-pyrrole nitrogens is 1. The van der Waals surface area contributed by atoms with Crippen molar-refractivity contribution in [2.24, 2.45) is 0 Å². The lowest BCUT2D eigenvalue weighted by Gasteiger charge is -2.30. The molecule has 0 aliphatic carbocycles. The van der Waals surface area contributed by atoms with Crippen LogP contribution in [-0.2, 0) is 0 Å². The van der Waals surface area contributed by atoms with Crippen molar-refractivity contribution in [3.05, 3.63) is 10.4 Å². The van der Waals surface area contributed by atoms with Gasteiger partial charge in [-0.1, -0.05) is 0 Å². The van der Waals surface area contributed by atoms with Crippen LogP contribution >= 0.6 is 0 Å². The average molecular weight is 277 g/mol. The largest absolute Gasteiger partial charge is 1.00 e. The number of rotatable bonds is 1. The number of nitrogens with one attached hydrogen (secondary N) is 3. The van der Waals surface area contributed by atoms with Crippen molar-refractivity contribution in [3.63, 3.8) is 0 Å². The van der Waals surface area contributed by atoms with E-state index in [1.54, 1.807) is 4.90 Å². The number of hydrogen-bond donors (Lipinski definition) is 3. The molecule has 2 unspecified atom stereocenters. The maximum atomic E-state index is 11.8. The van der Waals surface area contributed by atoms with Crippen LogP contribution in [0.3, 0.4) is 0 Å². The van der Waals surface area contributed by atoms with E-state index in [0.29, 0.717) is 17.5 Å². The lowest BCUT2D eigenvalue weighted by Crippen LogP contribution is -3.00. The van der Waals surface area contributed by atoms with E-state index in [4.69, 9.17) is 0 Å². The third-order valence-electron chi connectivity index (χ3n) is 2.82. The van der Waals surface area contributed by atoms with Gasteiger partial charge in [0.25, 0.3) is 5.56 Å². The SMILES string of the molecule is CC1Nc2nc(N(C)C)[nH]c(=O)c2NC1C.O.[Cl-]. The van der Waals surface area contributed by atoms with Crippen LogP contribution < -0.4 is 33.5 Å². The minimum Gasteiger partial charge on any atom is -1.00 e. The van der Waals surface area contributed by atoms with E-state index in [9.17, 15) is 4.79 Å². The molecular formula is C10H19ClN5O2-. The molecule has 7 nitrogen and oxygen atoms in total. The van der Waals surface area contributed by atoms with Gasteiger partial charge in [0, 0.05) is 26.2 Å². The Balaban J connectivity index is 0.00000144. The number of fused-ring (bicyclic) bond motifs is 1. The van der Waals surface area contributed by atoms with E-state index in [1.807, 2.05) is 21.0 Å². The second kappa shape index (κ2) is 5.92. The Hall–Kier alpha value is -1.47. The van der Waals surface area contributed by atoms with Crippen molar-refractivity contribution in [1.29, 1.82) is 0 Å². The molecule has 1 aliphatic heterocycles. The molecule has 18 heavy (non-hydrogen) atoms. The van der Waals surface area contributed by atoms with Gasteiger partial charge in [0.2, 0.25) is 5.95 Å². The number of hydrogen-bond acceptors (Lipinski definition) is 5. The Morgan fingerprint density at radius 3 is 2.28 bits per heavy atom. The zero-order valence-corrected chi connectivity index (χ0v) is 11.6. The summed E-state index contributed by atoms with van der Waals surface area (Å²) in [6, 6.07) is 0.456. The van der Waals surface area contributed by atoms with Crippen LogP contribution in [0.1, 0.15) is 13.8 Å². The quantitative estimate of drug-likeness (QED) is 0.497. The predicted molar refractivity (Wildman–Crippen MR) is 69.0 cm³/mol. The molecule has 2 rings (SSSR count). The standard InChI is InChI=1S/C10H17N5O.ClH.H2O/c1-5-6(2)12-8-7(11-5)9(16)14-10(13-8)15(3)4;;/h5-6,11H,1-4H3,(H2,12,13,14,16);1H;1H2/p-1. The monoisotopic (exact) mass is 276 g/mol. The molecular weight excluding hydrogens is 258 g/mol. The molecule has 0 bridgehead atoms. The summed E-state index contributed by atoms with van der Waals surface area (Å²) in [4.78, 5) is 20.7. The van der Waals surface area contributed by atoms with Crippen LogP contribution in [0.25, 0.3) is 0 Å². The molecule has 2 heterocycles. The topological polar surface area (TPSA) is 105 Å². The first-order chi connectivity index (χ1) is 7.49. The number of aromatic nitrogens is 2. The number of nitrogens with zero attached hydrogens (tertiary/aromatic N) is 2. The summed E-state index contributed by atoms with van der Waals surface area (Å²) < 4.78 is 0. The van der Waals surface area contributed by atoms with E-state index in [-0.39, 0.29) is 35.5 Å². The minimum atomic E-state index is -0.139. The molecule has 1 aromatic rings. The molecule has 2 atom stereocenters. The Morgan fingerprint density at radius 1 is 1.17 bits per heavy atom. The maximum Gasteiger partial charge on any atom is 0.277 e. The van der Waals surface area contributed by atoms with Gasteiger partial charge in [-0.25, -0.2) is 0 Å². The van der Waals surface area contributed by atoms with Crippen molar-refractivity contribution >= 4 is 17.5 Å². The van der Waals surface area contributed by atoms with Gasteiger partial charge in [0.15, 0.2) is 5.82 Å². The summed E-state index contributed by atoms with van der Waals surface area (Å²) >= 11 is 0. The highest BCUT2D eigenvalue weighted by molar-refractivity contribution is 5.68. The molecule has 1 aliphatic rings. The smallest absolute Gasteiger partial charge is 0.277 e. The summed E-state index contributed by atoms with van der Waals surface area (Å²) in [7, 11) is 3.68. The van der Waals surface area contributed by atoms with Crippen molar-refractivity contribution in [2.75, 3.05) is 29.6 Å². The zero-order chi connectivity index (χ0) is 11.9. The van der Waals surface area contributed by atoms with Crippen molar-refractivity contribution < 1.29 is 17.9 Å². The summed E-state index contributed by atoms with van der Waals surface area (Å²) in [6.45, 7) is 4.08. The first kappa shape index (κ1) is 16.5. The van der Waals surface area contributed by atoms with Gasteiger partial charge < -0.3 is 33.4 Å². The molecule has 0 radical (unpaired) electrons. The fourth-order valence-corrected chi connectivity index (χ4v) is 1.60. The first-order valence-corrected chi connectivity index (χ1v) is 5.33. The van der Waals surface area contributed by atoms with E-state index < -0.39 is 0 Å². The summed E-state index contributed by atoms with van der Waals surface area (Å²) in [5, 5.41) is 6.38. The van der Waals surface area contributed by atoms with E-state index in [0.717, 1.165) is 0 Å². The third-order valence-corrected chi connectivity index (χ3v) is 2.82. The van der Waals surface area contributed by atoms with Crippen LogP contribution in [0, 0.1) is 0 Å². The van der Waals surface area contributed by atoms with Gasteiger partial charge in [-0.2, -0.15) is 4.98 Å². The fourth-order valence-electron chi connectivity index (χ4n) is 1.60. The molecule has 0 spiro atoms. The van der Waals surface area contributed by atoms with Crippen LogP contribution in [-0.4, -0.2) is 41.6 Å². The highest BCUT2D eigenvalue weighted by Crippen LogP contribution is 2.23. The van der Waals surface area contributed by atoms with Gasteiger partial charge >= 0.3 is 0 Å². The number of halogens is 1. The van der Waals surface area contributed by atoms with Crippen LogP contribution in [0.5, 0.6) is 0 Å². The van der Waals surface area contributed by atoms with Crippen LogP contribution in [0.4, 0.5) is 17.5 Å². The van der Waals surface area contributed by atoms with Gasteiger partial charge in [-0.15, -0.1) is 0 Å². The zero-order valence-electron chi connectivity index (χ0n) is 10.8. The molecule has 0 aromatic carbocycles. The second-order valence-electron chi connectivity index (χ2n) is 4.37. The summed E-state index contributed by atoms with van der Waals surface area (Å²) in [5.41, 5.74) is 0.385.